The molecule has 0 spiro atoms. The number of benzene rings is 1. The van der Waals surface area contributed by atoms with E-state index in [0.717, 1.165) is 16.8 Å². The maximum atomic E-state index is 14.2. The summed E-state index contributed by atoms with van der Waals surface area (Å²) in [5.74, 6) is -1.45. The van der Waals surface area contributed by atoms with Crippen LogP contribution < -0.4 is 11.0 Å². The van der Waals surface area contributed by atoms with Crippen molar-refractivity contribution in [2.75, 3.05) is 5.32 Å². The number of ether oxygens (including phenoxy) is 1. The second-order valence-electron chi connectivity index (χ2n) is 6.95. The monoisotopic (exact) mass is 454 g/mol. The summed E-state index contributed by atoms with van der Waals surface area (Å²) in [7, 11) is 0. The Labute approximate surface area is 179 Å². The molecule has 0 saturated heterocycles. The molecule has 0 saturated carbocycles. The number of nitrogens with one attached hydrogen (secondary N) is 1. The Balaban J connectivity index is 2.29. The van der Waals surface area contributed by atoms with Crippen molar-refractivity contribution in [2.24, 2.45) is 5.92 Å². The fraction of sp³-hybridized carbons (Fsp3) is 0.350. The second kappa shape index (κ2) is 9.47. The van der Waals surface area contributed by atoms with Gasteiger partial charge in [-0.1, -0.05) is 19.8 Å². The maximum absolute atomic E-state index is 14.2. The van der Waals surface area contributed by atoms with Crippen LogP contribution in [0.2, 0.25) is 0 Å². The lowest BCUT2D eigenvalue weighted by molar-refractivity contribution is -0.152. The molecule has 0 fully saturated rings. The van der Waals surface area contributed by atoms with Crippen molar-refractivity contribution < 1.29 is 32.2 Å². The second-order valence-corrected chi connectivity index (χ2v) is 6.95. The number of anilines is 1. The zero-order valence-corrected chi connectivity index (χ0v) is 16.9. The summed E-state index contributed by atoms with van der Waals surface area (Å²) in [4.78, 5) is 24.9. The summed E-state index contributed by atoms with van der Waals surface area (Å²) in [6, 6.07) is 1.97. The molecule has 12 heteroatoms. The number of carbonyl (C=O) groups is 1. The van der Waals surface area contributed by atoms with Gasteiger partial charge < -0.3 is 15.2 Å². The Morgan fingerprint density at radius 1 is 1.38 bits per heavy atom. The summed E-state index contributed by atoms with van der Waals surface area (Å²) >= 11 is 0. The highest BCUT2D eigenvalue weighted by atomic mass is 19.4. The molecule has 0 aliphatic rings. The van der Waals surface area contributed by atoms with Crippen molar-refractivity contribution in [1.82, 2.24) is 9.13 Å². The van der Waals surface area contributed by atoms with E-state index in [1.165, 1.54) is 13.8 Å². The lowest BCUT2D eigenvalue weighted by atomic mass is 10.0. The molecule has 2 rings (SSSR count). The van der Waals surface area contributed by atoms with Crippen molar-refractivity contribution in [3.8, 4) is 24.3 Å². The van der Waals surface area contributed by atoms with Crippen molar-refractivity contribution in [3.63, 3.8) is 0 Å². The zero-order chi connectivity index (χ0) is 24.2. The number of nitriles is 1. The number of rotatable bonds is 7. The predicted molar refractivity (Wildman–Crippen MR) is 104 cm³/mol. The van der Waals surface area contributed by atoms with Crippen molar-refractivity contribution in [1.29, 1.82) is 5.26 Å². The van der Waals surface area contributed by atoms with Gasteiger partial charge in [0.25, 0.3) is 6.23 Å². The van der Waals surface area contributed by atoms with Crippen molar-refractivity contribution in [3.05, 3.63) is 46.3 Å². The Hall–Kier alpha value is -3.93. The van der Waals surface area contributed by atoms with Crippen LogP contribution >= 0.6 is 0 Å². The first-order chi connectivity index (χ1) is 14.9. The largest absolute Gasteiger partial charge is 0.493 e. The Kier molecular flexibility index (Phi) is 7.21. The minimum Gasteiger partial charge on any atom is -0.493 e. The summed E-state index contributed by atoms with van der Waals surface area (Å²) in [5, 5.41) is 21.7. The van der Waals surface area contributed by atoms with Gasteiger partial charge in [0.1, 0.15) is 17.9 Å². The van der Waals surface area contributed by atoms with Crippen LogP contribution in [0.4, 0.5) is 23.2 Å². The number of nitrogens with zero attached hydrogens (tertiary/aromatic N) is 3. The third kappa shape index (κ3) is 5.21. The number of alkyl halides is 3. The molecule has 0 bridgehead atoms. The van der Waals surface area contributed by atoms with Crippen LogP contribution in [0.5, 0.6) is 5.88 Å². The van der Waals surface area contributed by atoms with Crippen LogP contribution in [0.1, 0.15) is 25.6 Å². The molecule has 8 nitrogen and oxygen atoms in total. The standard InChI is InChI=1S/C20H18F4N4O4/c1-4-7-27-10-15(29)28(19(27)31)16(9-25)32-18(30)17(11(2)3)26-14-6-5-12(8-13(14)21)20(22,23)24/h1,5-6,8,10-11,16-17,26,29H,7H2,2-3H3. The van der Waals surface area contributed by atoms with Gasteiger partial charge in [-0.05, 0) is 24.1 Å². The highest BCUT2D eigenvalue weighted by Gasteiger charge is 2.33. The highest BCUT2D eigenvalue weighted by molar-refractivity contribution is 5.80. The van der Waals surface area contributed by atoms with Crippen LogP contribution in [0.15, 0.2) is 29.2 Å². The number of esters is 1. The van der Waals surface area contributed by atoms with Crippen molar-refractivity contribution >= 4 is 11.7 Å². The number of hydrogen-bond acceptors (Lipinski definition) is 6. The molecular formula is C20H18F4N4O4. The van der Waals surface area contributed by atoms with Gasteiger partial charge in [0.15, 0.2) is 0 Å². The fourth-order valence-electron chi connectivity index (χ4n) is 2.72. The van der Waals surface area contributed by atoms with Crippen LogP contribution in [-0.2, 0) is 22.3 Å². The van der Waals surface area contributed by atoms with Gasteiger partial charge in [-0.25, -0.2) is 18.5 Å². The third-order valence-electron chi connectivity index (χ3n) is 4.33. The molecule has 32 heavy (non-hydrogen) atoms. The average molecular weight is 454 g/mol. The van der Waals surface area contributed by atoms with E-state index in [2.05, 4.69) is 11.2 Å². The minimum absolute atomic E-state index is 0.213. The van der Waals surface area contributed by atoms with E-state index >= 15 is 0 Å². The Morgan fingerprint density at radius 2 is 2.03 bits per heavy atom. The number of aromatic hydroxyl groups is 1. The Morgan fingerprint density at radius 3 is 2.53 bits per heavy atom. The predicted octanol–water partition coefficient (Wildman–Crippen LogP) is 2.85. The molecule has 0 radical (unpaired) electrons. The lowest BCUT2D eigenvalue weighted by Crippen LogP contribution is -2.39. The number of aromatic nitrogens is 2. The normalized spacial score (nSPS) is 13.2. The highest BCUT2D eigenvalue weighted by Crippen LogP contribution is 2.31. The van der Waals surface area contributed by atoms with Gasteiger partial charge in [-0.15, -0.1) is 6.42 Å². The van der Waals surface area contributed by atoms with Crippen LogP contribution in [0.3, 0.4) is 0 Å². The molecule has 1 aromatic carbocycles. The molecule has 2 unspecified atom stereocenters. The van der Waals surface area contributed by atoms with Gasteiger partial charge in [-0.2, -0.15) is 18.4 Å². The number of carbonyl (C=O) groups excluding carboxylic acids is 1. The average Bonchev–Trinajstić information content (AvgIpc) is 2.97. The van der Waals surface area contributed by atoms with E-state index in [4.69, 9.17) is 11.2 Å². The van der Waals surface area contributed by atoms with Crippen LogP contribution in [0.25, 0.3) is 0 Å². The van der Waals surface area contributed by atoms with Gasteiger partial charge in [-0.3, -0.25) is 4.57 Å². The summed E-state index contributed by atoms with van der Waals surface area (Å²) in [6.07, 6.45) is -0.557. The number of halogens is 4. The third-order valence-corrected chi connectivity index (χ3v) is 4.33. The molecule has 1 aromatic heterocycles. The first-order valence-electron chi connectivity index (χ1n) is 9.08. The quantitative estimate of drug-likeness (QED) is 0.378. The maximum Gasteiger partial charge on any atom is 0.416 e. The molecule has 1 heterocycles. The smallest absolute Gasteiger partial charge is 0.416 e. The van der Waals surface area contributed by atoms with E-state index < -0.39 is 59.0 Å². The summed E-state index contributed by atoms with van der Waals surface area (Å²) < 4.78 is 58.8. The van der Waals surface area contributed by atoms with E-state index in [1.807, 2.05) is 0 Å². The minimum atomic E-state index is -4.75. The lowest BCUT2D eigenvalue weighted by Gasteiger charge is -2.24. The molecule has 2 N–H and O–H groups in total. The van der Waals surface area contributed by atoms with E-state index in [9.17, 15) is 37.5 Å². The summed E-state index contributed by atoms with van der Waals surface area (Å²) in [5.41, 5.74) is -2.52. The molecule has 0 aliphatic heterocycles. The summed E-state index contributed by atoms with van der Waals surface area (Å²) in [6.45, 7) is 2.86. The van der Waals surface area contributed by atoms with Gasteiger partial charge in [0.2, 0.25) is 5.88 Å². The van der Waals surface area contributed by atoms with Gasteiger partial charge in [0.05, 0.1) is 24.0 Å². The number of terminal acetylenes is 1. The van der Waals surface area contributed by atoms with Crippen LogP contribution in [-0.4, -0.2) is 26.3 Å². The molecular weight excluding hydrogens is 436 g/mol. The van der Waals surface area contributed by atoms with E-state index in [1.54, 1.807) is 6.07 Å². The SMILES string of the molecule is C#CCn1cc(O)n(C(C#N)OC(=O)C(Nc2ccc(C(F)(F)F)cc2F)C(C)C)c1=O. The molecule has 0 aliphatic carbocycles. The van der Waals surface area contributed by atoms with E-state index in [-0.39, 0.29) is 12.6 Å². The van der Waals surface area contributed by atoms with Gasteiger partial charge in [0, 0.05) is 0 Å². The molecule has 2 aromatic rings. The molecule has 0 amide bonds. The van der Waals surface area contributed by atoms with Crippen molar-refractivity contribution in [2.45, 2.75) is 38.8 Å². The van der Waals surface area contributed by atoms with Crippen LogP contribution in [0, 0.1) is 35.4 Å². The first kappa shape index (κ1) is 24.3. The topological polar surface area (TPSA) is 109 Å². The number of imidazole rings is 1. The molecule has 2 atom stereocenters. The fourth-order valence-corrected chi connectivity index (χ4v) is 2.72. The molecule has 170 valence electrons. The Bertz CT molecular complexity index is 1140. The number of hydrogen-bond donors (Lipinski definition) is 2. The van der Waals surface area contributed by atoms with E-state index in [0.29, 0.717) is 10.6 Å². The first-order valence-corrected chi connectivity index (χ1v) is 9.08. The zero-order valence-electron chi connectivity index (χ0n) is 16.9. The van der Waals surface area contributed by atoms with Gasteiger partial charge >= 0.3 is 17.8 Å².